The van der Waals surface area contributed by atoms with E-state index in [1.54, 1.807) is 17.4 Å². The normalized spacial score (nSPS) is 14.9. The Bertz CT molecular complexity index is 720. The third kappa shape index (κ3) is 2.13. The van der Waals surface area contributed by atoms with E-state index in [9.17, 15) is 10.2 Å². The van der Waals surface area contributed by atoms with Crippen LogP contribution in [0, 0.1) is 0 Å². The van der Waals surface area contributed by atoms with Crippen molar-refractivity contribution in [3.05, 3.63) is 48.0 Å². The summed E-state index contributed by atoms with van der Waals surface area (Å²) < 4.78 is 2.35. The maximum atomic E-state index is 9.95. The van der Waals surface area contributed by atoms with Gasteiger partial charge in [0.2, 0.25) is 0 Å². The Morgan fingerprint density at radius 1 is 0.947 bits per heavy atom. The van der Waals surface area contributed by atoms with Gasteiger partial charge in [-0.2, -0.15) is 0 Å². The summed E-state index contributed by atoms with van der Waals surface area (Å²) in [6, 6.07) is 13.7. The van der Waals surface area contributed by atoms with Crippen LogP contribution in [-0.4, -0.2) is 28.0 Å². The summed E-state index contributed by atoms with van der Waals surface area (Å²) in [4.78, 5) is 0. The number of benzene rings is 2. The zero-order valence-corrected chi connectivity index (χ0v) is 11.0. The van der Waals surface area contributed by atoms with Crippen molar-refractivity contribution in [3.8, 4) is 0 Å². The van der Waals surface area contributed by atoms with Crippen molar-refractivity contribution in [1.29, 1.82) is 0 Å². The molecule has 0 radical (unpaired) electrons. The Labute approximate surface area is 114 Å². The van der Waals surface area contributed by atoms with Gasteiger partial charge in [0.15, 0.2) is 0 Å². The van der Waals surface area contributed by atoms with Crippen LogP contribution in [0.2, 0.25) is 0 Å². The first-order valence-corrected chi connectivity index (χ1v) is 6.90. The largest absolute Gasteiger partial charge is 0.394 e. The number of fused-ring (bicyclic) bond motifs is 3. The topological polar surface area (TPSA) is 60.7 Å². The molecule has 19 heavy (non-hydrogen) atoms. The van der Waals surface area contributed by atoms with Crippen molar-refractivity contribution < 1.29 is 15.3 Å². The first-order valence-electron chi connectivity index (χ1n) is 6.09. The molecule has 0 spiro atoms. The van der Waals surface area contributed by atoms with Crippen LogP contribution in [0.15, 0.2) is 42.5 Å². The number of aliphatic hydroxyl groups excluding tert-OH is 3. The van der Waals surface area contributed by atoms with Crippen LogP contribution in [0.25, 0.3) is 20.2 Å². The third-order valence-corrected chi connectivity index (χ3v) is 4.45. The minimum Gasteiger partial charge on any atom is -0.394 e. The summed E-state index contributed by atoms with van der Waals surface area (Å²) in [5.41, 5.74) is 0.623. The molecule has 0 aliphatic carbocycles. The quantitative estimate of drug-likeness (QED) is 0.687. The van der Waals surface area contributed by atoms with Gasteiger partial charge in [-0.1, -0.05) is 24.3 Å². The van der Waals surface area contributed by atoms with Crippen molar-refractivity contribution in [2.45, 2.75) is 12.2 Å². The molecular weight excluding hydrogens is 260 g/mol. The van der Waals surface area contributed by atoms with Crippen molar-refractivity contribution in [2.24, 2.45) is 0 Å². The van der Waals surface area contributed by atoms with Crippen molar-refractivity contribution in [2.75, 3.05) is 6.61 Å². The van der Waals surface area contributed by atoms with Crippen LogP contribution < -0.4 is 0 Å². The number of rotatable bonds is 3. The molecular formula is C15H14O3S. The fourth-order valence-corrected chi connectivity index (χ4v) is 3.34. The van der Waals surface area contributed by atoms with E-state index in [-0.39, 0.29) is 0 Å². The first kappa shape index (κ1) is 12.6. The van der Waals surface area contributed by atoms with Gasteiger partial charge in [0.05, 0.1) is 6.61 Å². The lowest BCUT2D eigenvalue weighted by Gasteiger charge is -2.15. The van der Waals surface area contributed by atoms with Crippen LogP contribution in [0.3, 0.4) is 0 Å². The molecule has 3 nitrogen and oxygen atoms in total. The minimum atomic E-state index is -1.15. The molecule has 98 valence electrons. The molecule has 1 heterocycles. The highest BCUT2D eigenvalue weighted by atomic mass is 32.1. The number of hydrogen-bond acceptors (Lipinski definition) is 4. The second kappa shape index (κ2) is 4.90. The lowest BCUT2D eigenvalue weighted by molar-refractivity contribution is -0.0151. The summed E-state index contributed by atoms with van der Waals surface area (Å²) in [5.74, 6) is 0. The van der Waals surface area contributed by atoms with Gasteiger partial charge in [-0.15, -0.1) is 11.3 Å². The van der Waals surface area contributed by atoms with E-state index in [0.29, 0.717) is 5.56 Å². The zero-order valence-electron chi connectivity index (χ0n) is 10.2. The van der Waals surface area contributed by atoms with E-state index in [4.69, 9.17) is 5.11 Å². The highest BCUT2D eigenvalue weighted by Crippen LogP contribution is 2.35. The molecule has 2 atom stereocenters. The zero-order chi connectivity index (χ0) is 13.4. The molecule has 0 aliphatic heterocycles. The summed E-state index contributed by atoms with van der Waals surface area (Å²) in [6.45, 7) is -0.455. The smallest absolute Gasteiger partial charge is 0.107 e. The van der Waals surface area contributed by atoms with E-state index in [1.807, 2.05) is 30.3 Å². The fourth-order valence-electron chi connectivity index (χ4n) is 2.25. The van der Waals surface area contributed by atoms with Crippen LogP contribution >= 0.6 is 11.3 Å². The van der Waals surface area contributed by atoms with Crippen LogP contribution in [0.5, 0.6) is 0 Å². The van der Waals surface area contributed by atoms with E-state index in [0.717, 1.165) is 15.5 Å². The summed E-state index contributed by atoms with van der Waals surface area (Å²) in [7, 11) is 0. The highest BCUT2D eigenvalue weighted by Gasteiger charge is 2.18. The average molecular weight is 274 g/mol. The van der Waals surface area contributed by atoms with E-state index >= 15 is 0 Å². The Hall–Kier alpha value is -1.46. The van der Waals surface area contributed by atoms with Gasteiger partial charge in [0.25, 0.3) is 0 Å². The maximum Gasteiger partial charge on any atom is 0.107 e. The molecule has 0 saturated heterocycles. The SMILES string of the molecule is OCC(O)C(O)c1ccc2sc3ccccc3c2c1. The Balaban J connectivity index is 2.16. The van der Waals surface area contributed by atoms with Crippen LogP contribution in [0.4, 0.5) is 0 Å². The summed E-state index contributed by atoms with van der Waals surface area (Å²) in [6.07, 6.45) is -2.21. The Morgan fingerprint density at radius 2 is 1.68 bits per heavy atom. The molecule has 1 aromatic heterocycles. The maximum absolute atomic E-state index is 9.95. The third-order valence-electron chi connectivity index (χ3n) is 3.29. The second-order valence-corrected chi connectivity index (χ2v) is 5.63. The molecule has 2 unspecified atom stereocenters. The van der Waals surface area contributed by atoms with Crippen LogP contribution in [-0.2, 0) is 0 Å². The average Bonchev–Trinajstić information content (AvgIpc) is 2.83. The van der Waals surface area contributed by atoms with Crippen molar-refractivity contribution in [1.82, 2.24) is 0 Å². The Kier molecular flexibility index (Phi) is 3.24. The van der Waals surface area contributed by atoms with Crippen molar-refractivity contribution >= 4 is 31.5 Å². The van der Waals surface area contributed by atoms with E-state index in [1.165, 1.54) is 4.70 Å². The minimum absolute atomic E-state index is 0.455. The second-order valence-electron chi connectivity index (χ2n) is 4.55. The molecule has 3 aromatic rings. The van der Waals surface area contributed by atoms with Gasteiger partial charge in [-0.25, -0.2) is 0 Å². The highest BCUT2D eigenvalue weighted by molar-refractivity contribution is 7.25. The van der Waals surface area contributed by atoms with Gasteiger partial charge in [-0.3, -0.25) is 0 Å². The van der Waals surface area contributed by atoms with Gasteiger partial charge in [0, 0.05) is 20.2 Å². The van der Waals surface area contributed by atoms with Crippen LogP contribution in [0.1, 0.15) is 11.7 Å². The molecule has 3 N–H and O–H groups in total. The number of thiophene rings is 1. The molecule has 0 amide bonds. The lowest BCUT2D eigenvalue weighted by atomic mass is 10.0. The number of aliphatic hydroxyl groups is 3. The number of hydrogen-bond donors (Lipinski definition) is 3. The van der Waals surface area contributed by atoms with Gasteiger partial charge in [0.1, 0.15) is 12.2 Å². The molecule has 0 fully saturated rings. The molecule has 4 heteroatoms. The monoisotopic (exact) mass is 274 g/mol. The molecule has 0 bridgehead atoms. The standard InChI is InChI=1S/C15H14O3S/c16-8-12(17)15(18)9-5-6-14-11(7-9)10-3-1-2-4-13(10)19-14/h1-7,12,15-18H,8H2. The summed E-state index contributed by atoms with van der Waals surface area (Å²) >= 11 is 1.70. The predicted octanol–water partition coefficient (Wildman–Crippen LogP) is 2.44. The van der Waals surface area contributed by atoms with E-state index in [2.05, 4.69) is 6.07 Å². The van der Waals surface area contributed by atoms with E-state index < -0.39 is 18.8 Å². The molecule has 0 aliphatic rings. The molecule has 2 aromatic carbocycles. The van der Waals surface area contributed by atoms with Crippen molar-refractivity contribution in [3.63, 3.8) is 0 Å². The molecule has 3 rings (SSSR count). The van der Waals surface area contributed by atoms with Gasteiger partial charge < -0.3 is 15.3 Å². The lowest BCUT2D eigenvalue weighted by Crippen LogP contribution is -2.21. The summed E-state index contributed by atoms with van der Waals surface area (Å²) in [5, 5.41) is 30.6. The molecule has 0 saturated carbocycles. The fraction of sp³-hybridized carbons (Fsp3) is 0.200. The van der Waals surface area contributed by atoms with Gasteiger partial charge in [-0.05, 0) is 23.8 Å². The Morgan fingerprint density at radius 3 is 2.47 bits per heavy atom. The predicted molar refractivity (Wildman–Crippen MR) is 77.4 cm³/mol. The van der Waals surface area contributed by atoms with Gasteiger partial charge >= 0.3 is 0 Å². The first-order chi connectivity index (χ1) is 9.20.